The number of imide groups is 1. The van der Waals surface area contributed by atoms with E-state index in [1.807, 2.05) is 30.3 Å². The van der Waals surface area contributed by atoms with Crippen molar-refractivity contribution >= 4 is 17.8 Å². The Labute approximate surface area is 135 Å². The number of aryl methyl sites for hydroxylation is 1. The van der Waals surface area contributed by atoms with Crippen molar-refractivity contribution in [2.24, 2.45) is 0 Å². The number of benzene rings is 1. The third-order valence-electron chi connectivity index (χ3n) is 4.35. The minimum Gasteiger partial charge on any atom is -0.352 e. The van der Waals surface area contributed by atoms with Gasteiger partial charge < -0.3 is 10.6 Å². The van der Waals surface area contributed by atoms with Crippen LogP contribution in [-0.2, 0) is 16.0 Å². The Hall–Kier alpha value is -2.37. The third-order valence-corrected chi connectivity index (χ3v) is 4.35. The van der Waals surface area contributed by atoms with Crippen molar-refractivity contribution in [3.63, 3.8) is 0 Å². The van der Waals surface area contributed by atoms with Gasteiger partial charge in [0.25, 0.3) is 5.91 Å². The lowest BCUT2D eigenvalue weighted by Gasteiger charge is -2.21. The van der Waals surface area contributed by atoms with Crippen molar-refractivity contribution in [2.75, 3.05) is 6.54 Å². The molecule has 122 valence electrons. The fourth-order valence-corrected chi connectivity index (χ4v) is 2.74. The number of urea groups is 1. The monoisotopic (exact) mass is 315 g/mol. The first-order valence-electron chi connectivity index (χ1n) is 7.95. The van der Waals surface area contributed by atoms with E-state index in [0.29, 0.717) is 12.8 Å². The van der Waals surface area contributed by atoms with Crippen LogP contribution in [0, 0.1) is 0 Å². The summed E-state index contributed by atoms with van der Waals surface area (Å²) in [6, 6.07) is 9.54. The molecule has 1 saturated carbocycles. The Morgan fingerprint density at radius 3 is 2.65 bits per heavy atom. The summed E-state index contributed by atoms with van der Waals surface area (Å²) in [5.74, 6) is -0.604. The Bertz CT molecular complexity index is 627. The Balaban J connectivity index is 1.60. The Kier molecular flexibility index (Phi) is 4.07. The number of carbonyl (C=O) groups excluding carboxylic acids is 3. The van der Waals surface area contributed by atoms with Crippen LogP contribution in [0.15, 0.2) is 30.3 Å². The summed E-state index contributed by atoms with van der Waals surface area (Å²) in [4.78, 5) is 37.5. The lowest BCUT2D eigenvalue weighted by atomic mass is 9.93. The molecular formula is C17H21N3O3. The summed E-state index contributed by atoms with van der Waals surface area (Å²) in [5, 5.41) is 5.53. The lowest BCUT2D eigenvalue weighted by Crippen LogP contribution is -2.45. The molecular weight excluding hydrogens is 294 g/mol. The average molecular weight is 315 g/mol. The summed E-state index contributed by atoms with van der Waals surface area (Å²) >= 11 is 0. The molecule has 1 aliphatic carbocycles. The van der Waals surface area contributed by atoms with E-state index >= 15 is 0 Å². The van der Waals surface area contributed by atoms with E-state index in [4.69, 9.17) is 0 Å². The van der Waals surface area contributed by atoms with Gasteiger partial charge in [0.2, 0.25) is 5.91 Å². The number of amides is 4. The third kappa shape index (κ3) is 3.52. The van der Waals surface area contributed by atoms with E-state index in [2.05, 4.69) is 10.6 Å². The van der Waals surface area contributed by atoms with Crippen LogP contribution in [0.3, 0.4) is 0 Å². The van der Waals surface area contributed by atoms with Gasteiger partial charge in [-0.1, -0.05) is 30.3 Å². The fourth-order valence-electron chi connectivity index (χ4n) is 2.74. The van der Waals surface area contributed by atoms with Gasteiger partial charge in [-0.3, -0.25) is 14.5 Å². The van der Waals surface area contributed by atoms with E-state index in [-0.39, 0.29) is 24.4 Å². The molecule has 6 heteroatoms. The van der Waals surface area contributed by atoms with Crippen LogP contribution in [0.5, 0.6) is 0 Å². The van der Waals surface area contributed by atoms with Crippen LogP contribution in [-0.4, -0.2) is 40.9 Å². The summed E-state index contributed by atoms with van der Waals surface area (Å²) in [6.45, 7) is 1.51. The molecule has 0 bridgehead atoms. The van der Waals surface area contributed by atoms with Gasteiger partial charge in [0.15, 0.2) is 0 Å². The second-order valence-electron chi connectivity index (χ2n) is 6.48. The molecule has 2 aliphatic rings. The van der Waals surface area contributed by atoms with Crippen LogP contribution in [0.2, 0.25) is 0 Å². The smallest absolute Gasteiger partial charge is 0.325 e. The minimum absolute atomic E-state index is 0.206. The molecule has 1 saturated heterocycles. The Morgan fingerprint density at radius 1 is 1.30 bits per heavy atom. The number of carbonyl (C=O) groups is 3. The predicted molar refractivity (Wildman–Crippen MR) is 84.6 cm³/mol. The van der Waals surface area contributed by atoms with Crippen molar-refractivity contribution in [3.8, 4) is 0 Å². The minimum atomic E-state index is -0.952. The quantitative estimate of drug-likeness (QED) is 0.775. The first-order chi connectivity index (χ1) is 11.0. The van der Waals surface area contributed by atoms with E-state index in [1.54, 1.807) is 6.92 Å². The zero-order valence-electron chi connectivity index (χ0n) is 13.2. The van der Waals surface area contributed by atoms with E-state index in [9.17, 15) is 14.4 Å². The van der Waals surface area contributed by atoms with E-state index in [1.165, 1.54) is 0 Å². The van der Waals surface area contributed by atoms with Gasteiger partial charge >= 0.3 is 6.03 Å². The number of rotatable bonds is 6. The second-order valence-corrected chi connectivity index (χ2v) is 6.48. The highest BCUT2D eigenvalue weighted by molar-refractivity contribution is 6.08. The maximum atomic E-state index is 12.6. The fraction of sp³-hybridized carbons (Fsp3) is 0.471. The molecule has 0 radical (unpaired) electrons. The van der Waals surface area contributed by atoms with Crippen LogP contribution in [0.4, 0.5) is 4.79 Å². The van der Waals surface area contributed by atoms with Gasteiger partial charge in [0.05, 0.1) is 0 Å². The number of nitrogens with zero attached hydrogens (tertiary/aromatic N) is 1. The molecule has 2 N–H and O–H groups in total. The topological polar surface area (TPSA) is 78.5 Å². The van der Waals surface area contributed by atoms with Gasteiger partial charge in [0.1, 0.15) is 12.1 Å². The van der Waals surface area contributed by atoms with Crippen LogP contribution in [0.25, 0.3) is 0 Å². The summed E-state index contributed by atoms with van der Waals surface area (Å²) in [5.41, 5.74) is 0.160. The standard InChI is InChI=1S/C17H21N3O3/c1-17(10-9-12-5-3-2-4-6-12)15(22)20(16(23)19-17)11-14(21)18-13-7-8-13/h2-6,13H,7-11H2,1H3,(H,18,21)(H,19,23)/t17-/m1/s1. The van der Waals surface area contributed by atoms with E-state index < -0.39 is 11.6 Å². The molecule has 0 spiro atoms. The first kappa shape index (κ1) is 15.5. The molecule has 3 rings (SSSR count). The molecule has 1 aliphatic heterocycles. The number of hydrogen-bond acceptors (Lipinski definition) is 3. The van der Waals surface area contributed by atoms with Gasteiger partial charge in [-0.2, -0.15) is 0 Å². The van der Waals surface area contributed by atoms with Crippen molar-refractivity contribution in [3.05, 3.63) is 35.9 Å². The molecule has 1 aromatic carbocycles. The molecule has 1 aromatic rings. The molecule has 23 heavy (non-hydrogen) atoms. The largest absolute Gasteiger partial charge is 0.352 e. The Morgan fingerprint density at radius 2 is 2.00 bits per heavy atom. The lowest BCUT2D eigenvalue weighted by molar-refractivity contribution is -0.134. The van der Waals surface area contributed by atoms with Crippen molar-refractivity contribution in [2.45, 2.75) is 44.2 Å². The highest BCUT2D eigenvalue weighted by atomic mass is 16.2. The zero-order chi connectivity index (χ0) is 16.4. The van der Waals surface area contributed by atoms with Crippen LogP contribution >= 0.6 is 0 Å². The van der Waals surface area contributed by atoms with Gasteiger partial charge in [0, 0.05) is 6.04 Å². The van der Waals surface area contributed by atoms with Gasteiger partial charge in [-0.25, -0.2) is 4.79 Å². The summed E-state index contributed by atoms with van der Waals surface area (Å²) in [7, 11) is 0. The maximum absolute atomic E-state index is 12.6. The van der Waals surface area contributed by atoms with Crippen molar-refractivity contribution < 1.29 is 14.4 Å². The zero-order valence-corrected chi connectivity index (χ0v) is 13.2. The van der Waals surface area contributed by atoms with Crippen molar-refractivity contribution in [1.29, 1.82) is 0 Å². The maximum Gasteiger partial charge on any atom is 0.325 e. The van der Waals surface area contributed by atoms with Gasteiger partial charge in [-0.05, 0) is 38.2 Å². The number of nitrogens with one attached hydrogen (secondary N) is 2. The van der Waals surface area contributed by atoms with Crippen LogP contribution < -0.4 is 10.6 Å². The first-order valence-corrected chi connectivity index (χ1v) is 7.95. The molecule has 1 heterocycles. The summed E-state index contributed by atoms with van der Waals surface area (Å²) in [6.07, 6.45) is 3.13. The van der Waals surface area contributed by atoms with Crippen LogP contribution in [0.1, 0.15) is 31.7 Å². The SMILES string of the molecule is C[C@]1(CCc2ccccc2)NC(=O)N(CC(=O)NC2CC2)C1=O. The average Bonchev–Trinajstić information content (AvgIpc) is 3.31. The normalized spacial score (nSPS) is 23.8. The van der Waals surface area contributed by atoms with Gasteiger partial charge in [-0.15, -0.1) is 0 Å². The highest BCUT2D eigenvalue weighted by Gasteiger charge is 2.48. The summed E-state index contributed by atoms with van der Waals surface area (Å²) < 4.78 is 0. The predicted octanol–water partition coefficient (Wildman–Crippen LogP) is 1.21. The van der Waals surface area contributed by atoms with Crippen molar-refractivity contribution in [1.82, 2.24) is 15.5 Å². The van der Waals surface area contributed by atoms with E-state index in [0.717, 1.165) is 23.3 Å². The molecule has 1 atom stereocenters. The molecule has 2 fully saturated rings. The molecule has 4 amide bonds. The molecule has 0 aromatic heterocycles. The molecule has 6 nitrogen and oxygen atoms in total. The highest BCUT2D eigenvalue weighted by Crippen LogP contribution is 2.23. The second kappa shape index (κ2) is 6.02. The molecule has 0 unspecified atom stereocenters. The number of hydrogen-bond donors (Lipinski definition) is 2.